The lowest BCUT2D eigenvalue weighted by Crippen LogP contribution is -2.41. The van der Waals surface area contributed by atoms with E-state index in [0.29, 0.717) is 12.2 Å². The lowest BCUT2D eigenvalue weighted by atomic mass is 10.3. The molecule has 0 atom stereocenters. The standard InChI is InChI=1S/C15H24N4O4S/c1-4-8-19(11-15(21)18(2)3)10-14(20)17-12-6-5-7-13(9-12)24(16,22)23/h5-7,9H,4,8,10-11H2,1-3H3,(H,17,20)(H2,16,22,23). The number of nitrogens with zero attached hydrogens (tertiary/aromatic N) is 2. The molecule has 0 saturated heterocycles. The van der Waals surface area contributed by atoms with E-state index in [1.807, 2.05) is 6.92 Å². The number of primary sulfonamides is 1. The third-order valence-corrected chi connectivity index (χ3v) is 4.12. The molecule has 1 rings (SSSR count). The van der Waals surface area contributed by atoms with Crippen molar-refractivity contribution in [2.45, 2.75) is 18.2 Å². The van der Waals surface area contributed by atoms with E-state index in [4.69, 9.17) is 5.14 Å². The lowest BCUT2D eigenvalue weighted by Gasteiger charge is -2.22. The van der Waals surface area contributed by atoms with Crippen LogP contribution in [0.5, 0.6) is 0 Å². The first-order valence-electron chi connectivity index (χ1n) is 7.48. The minimum atomic E-state index is -3.83. The summed E-state index contributed by atoms with van der Waals surface area (Å²) in [6.07, 6.45) is 0.800. The van der Waals surface area contributed by atoms with E-state index in [0.717, 1.165) is 6.42 Å². The van der Waals surface area contributed by atoms with Crippen LogP contribution < -0.4 is 10.5 Å². The van der Waals surface area contributed by atoms with E-state index in [9.17, 15) is 18.0 Å². The number of sulfonamides is 1. The van der Waals surface area contributed by atoms with Crippen LogP contribution in [0.25, 0.3) is 0 Å². The van der Waals surface area contributed by atoms with Crippen LogP contribution in [-0.2, 0) is 19.6 Å². The van der Waals surface area contributed by atoms with Crippen molar-refractivity contribution < 1.29 is 18.0 Å². The first kappa shape index (κ1) is 20.1. The smallest absolute Gasteiger partial charge is 0.238 e. The van der Waals surface area contributed by atoms with Crippen LogP contribution in [0.3, 0.4) is 0 Å². The highest BCUT2D eigenvalue weighted by molar-refractivity contribution is 7.89. The number of hydrogen-bond donors (Lipinski definition) is 2. The summed E-state index contributed by atoms with van der Waals surface area (Å²) in [6, 6.07) is 5.71. The van der Waals surface area contributed by atoms with Gasteiger partial charge in [0.2, 0.25) is 21.8 Å². The number of carbonyl (C=O) groups excluding carboxylic acids is 2. The van der Waals surface area contributed by atoms with E-state index in [1.54, 1.807) is 25.1 Å². The Morgan fingerprint density at radius 2 is 1.88 bits per heavy atom. The second-order valence-corrected chi connectivity index (χ2v) is 7.18. The molecular formula is C15H24N4O4S. The third-order valence-electron chi connectivity index (χ3n) is 3.21. The number of hydrogen-bond acceptors (Lipinski definition) is 5. The molecule has 9 heteroatoms. The van der Waals surface area contributed by atoms with Crippen LogP contribution in [0.2, 0.25) is 0 Å². The minimum absolute atomic E-state index is 0.0347. The average Bonchev–Trinajstić information content (AvgIpc) is 2.46. The van der Waals surface area contributed by atoms with E-state index >= 15 is 0 Å². The molecule has 1 aromatic carbocycles. The lowest BCUT2D eigenvalue weighted by molar-refractivity contribution is -0.130. The van der Waals surface area contributed by atoms with Crippen molar-refractivity contribution in [2.75, 3.05) is 39.0 Å². The van der Waals surface area contributed by atoms with E-state index in [-0.39, 0.29) is 29.8 Å². The van der Waals surface area contributed by atoms with Crippen LogP contribution in [0, 0.1) is 0 Å². The highest BCUT2D eigenvalue weighted by Gasteiger charge is 2.16. The fourth-order valence-corrected chi connectivity index (χ4v) is 2.58. The molecule has 0 bridgehead atoms. The van der Waals surface area contributed by atoms with Crippen LogP contribution >= 0.6 is 0 Å². The maximum atomic E-state index is 12.2. The van der Waals surface area contributed by atoms with Gasteiger partial charge in [-0.05, 0) is 31.2 Å². The van der Waals surface area contributed by atoms with Gasteiger partial charge in [-0.3, -0.25) is 14.5 Å². The Kier molecular flexibility index (Phi) is 7.33. The van der Waals surface area contributed by atoms with Gasteiger partial charge in [0.05, 0.1) is 18.0 Å². The Labute approximate surface area is 142 Å². The fourth-order valence-electron chi connectivity index (χ4n) is 2.02. The second kappa shape index (κ2) is 8.76. The topological polar surface area (TPSA) is 113 Å². The SMILES string of the molecule is CCCN(CC(=O)Nc1cccc(S(N)(=O)=O)c1)CC(=O)N(C)C. The maximum Gasteiger partial charge on any atom is 0.238 e. The van der Waals surface area contributed by atoms with Gasteiger partial charge >= 0.3 is 0 Å². The molecule has 0 aliphatic rings. The van der Waals surface area contributed by atoms with E-state index in [1.165, 1.54) is 23.1 Å². The molecule has 134 valence electrons. The average molecular weight is 356 g/mol. The zero-order valence-electron chi connectivity index (χ0n) is 14.2. The van der Waals surface area contributed by atoms with Gasteiger partial charge in [0.15, 0.2) is 0 Å². The molecule has 0 aromatic heterocycles. The second-order valence-electron chi connectivity index (χ2n) is 5.62. The third kappa shape index (κ3) is 6.65. The van der Waals surface area contributed by atoms with Crippen molar-refractivity contribution in [1.29, 1.82) is 0 Å². The molecule has 0 fully saturated rings. The molecule has 0 aliphatic carbocycles. The zero-order valence-corrected chi connectivity index (χ0v) is 15.0. The van der Waals surface area contributed by atoms with Crippen LogP contribution in [0.4, 0.5) is 5.69 Å². The van der Waals surface area contributed by atoms with Crippen LogP contribution in [0.1, 0.15) is 13.3 Å². The molecule has 3 N–H and O–H groups in total. The highest BCUT2D eigenvalue weighted by Crippen LogP contribution is 2.14. The molecular weight excluding hydrogens is 332 g/mol. The van der Waals surface area contributed by atoms with Gasteiger partial charge in [0, 0.05) is 19.8 Å². The van der Waals surface area contributed by atoms with Gasteiger partial charge in [-0.15, -0.1) is 0 Å². The Hall–Kier alpha value is -1.97. The number of nitrogens with two attached hydrogens (primary N) is 1. The summed E-state index contributed by atoms with van der Waals surface area (Å²) >= 11 is 0. The van der Waals surface area contributed by atoms with Crippen molar-refractivity contribution >= 4 is 27.5 Å². The molecule has 0 unspecified atom stereocenters. The summed E-state index contributed by atoms with van der Waals surface area (Å²) in [5.74, 6) is -0.422. The molecule has 0 aliphatic heterocycles. The summed E-state index contributed by atoms with van der Waals surface area (Å²) in [6.45, 7) is 2.74. The normalized spacial score (nSPS) is 11.4. The number of anilines is 1. The minimum Gasteiger partial charge on any atom is -0.348 e. The first-order chi connectivity index (χ1) is 11.1. The van der Waals surface area contributed by atoms with Gasteiger partial charge in [-0.1, -0.05) is 13.0 Å². The van der Waals surface area contributed by atoms with Gasteiger partial charge in [-0.25, -0.2) is 13.6 Å². The summed E-state index contributed by atoms with van der Waals surface area (Å²) in [7, 11) is -0.514. The quantitative estimate of drug-likeness (QED) is 0.684. The molecule has 0 radical (unpaired) electrons. The maximum absolute atomic E-state index is 12.2. The number of rotatable bonds is 8. The molecule has 8 nitrogen and oxygen atoms in total. The van der Waals surface area contributed by atoms with E-state index in [2.05, 4.69) is 5.32 Å². The number of nitrogens with one attached hydrogen (secondary N) is 1. The first-order valence-corrected chi connectivity index (χ1v) is 9.03. The van der Waals surface area contributed by atoms with Crippen LogP contribution in [0.15, 0.2) is 29.2 Å². The summed E-state index contributed by atoms with van der Waals surface area (Å²) in [5.41, 5.74) is 0.335. The van der Waals surface area contributed by atoms with Gasteiger partial charge in [-0.2, -0.15) is 0 Å². The van der Waals surface area contributed by atoms with Crippen molar-refractivity contribution in [1.82, 2.24) is 9.80 Å². The molecule has 24 heavy (non-hydrogen) atoms. The van der Waals surface area contributed by atoms with E-state index < -0.39 is 10.0 Å². The van der Waals surface area contributed by atoms with Crippen molar-refractivity contribution in [2.24, 2.45) is 5.14 Å². The monoisotopic (exact) mass is 356 g/mol. The van der Waals surface area contributed by atoms with Gasteiger partial charge in [0.25, 0.3) is 0 Å². The zero-order chi connectivity index (χ0) is 18.3. The fraction of sp³-hybridized carbons (Fsp3) is 0.467. The summed E-state index contributed by atoms with van der Waals surface area (Å²) < 4.78 is 22.7. The predicted molar refractivity (Wildman–Crippen MR) is 91.9 cm³/mol. The largest absolute Gasteiger partial charge is 0.348 e. The number of likely N-dealkylation sites (N-methyl/N-ethyl adjacent to an activating group) is 1. The molecule has 1 aromatic rings. The highest BCUT2D eigenvalue weighted by atomic mass is 32.2. The Bertz CT molecular complexity index is 688. The molecule has 0 heterocycles. The summed E-state index contributed by atoms with van der Waals surface area (Å²) in [4.78, 5) is 27.1. The number of amides is 2. The summed E-state index contributed by atoms with van der Waals surface area (Å²) in [5, 5.41) is 7.69. The molecule has 0 saturated carbocycles. The number of carbonyl (C=O) groups is 2. The molecule has 2 amide bonds. The van der Waals surface area contributed by atoms with Crippen molar-refractivity contribution in [3.8, 4) is 0 Å². The predicted octanol–water partition coefficient (Wildman–Crippen LogP) is 0.0727. The Balaban J connectivity index is 2.74. The van der Waals surface area contributed by atoms with Crippen molar-refractivity contribution in [3.05, 3.63) is 24.3 Å². The Morgan fingerprint density at radius 1 is 1.21 bits per heavy atom. The molecule has 0 spiro atoms. The van der Waals surface area contributed by atoms with Gasteiger partial charge in [0.1, 0.15) is 0 Å². The number of benzene rings is 1. The van der Waals surface area contributed by atoms with Crippen molar-refractivity contribution in [3.63, 3.8) is 0 Å². The Morgan fingerprint density at radius 3 is 2.42 bits per heavy atom. The van der Waals surface area contributed by atoms with Gasteiger partial charge < -0.3 is 10.2 Å². The van der Waals surface area contributed by atoms with Crippen LogP contribution in [-0.4, -0.2) is 63.8 Å².